The number of ether oxygens (including phenoxy) is 1. The topological polar surface area (TPSA) is 12.5 Å². The van der Waals surface area contributed by atoms with Crippen LogP contribution >= 0.6 is 11.6 Å². The van der Waals surface area contributed by atoms with Gasteiger partial charge in [0.1, 0.15) is 11.4 Å². The molecule has 0 aromatic heterocycles. The highest BCUT2D eigenvalue weighted by Gasteiger charge is 2.49. The highest BCUT2D eigenvalue weighted by atomic mass is 35.5. The summed E-state index contributed by atoms with van der Waals surface area (Å²) in [6, 6.07) is 6.15. The summed E-state index contributed by atoms with van der Waals surface area (Å²) in [4.78, 5) is 2.51. The molecule has 1 aromatic rings. The second kappa shape index (κ2) is 6.18. The van der Waals surface area contributed by atoms with Crippen molar-refractivity contribution in [1.29, 1.82) is 0 Å². The van der Waals surface area contributed by atoms with Crippen LogP contribution in [0, 0.1) is 0 Å². The minimum Gasteiger partial charge on any atom is -0.486 e. The minimum atomic E-state index is 0.0217. The van der Waals surface area contributed by atoms with Crippen LogP contribution in [0.4, 0.5) is 0 Å². The van der Waals surface area contributed by atoms with Gasteiger partial charge in [0.05, 0.1) is 0 Å². The number of nitrogens with zero attached hydrogens (tertiary/aromatic N) is 1. The van der Waals surface area contributed by atoms with Crippen molar-refractivity contribution in [3.05, 3.63) is 28.8 Å². The van der Waals surface area contributed by atoms with Gasteiger partial charge in [0.2, 0.25) is 0 Å². The van der Waals surface area contributed by atoms with E-state index in [1.165, 1.54) is 37.7 Å². The first kappa shape index (κ1) is 15.2. The number of fused-ring (bicyclic) bond motifs is 1. The van der Waals surface area contributed by atoms with Crippen molar-refractivity contribution in [3.63, 3.8) is 0 Å². The molecule has 3 rings (SSSR count). The summed E-state index contributed by atoms with van der Waals surface area (Å²) in [7, 11) is 0. The van der Waals surface area contributed by atoms with Crippen LogP contribution in [0.2, 0.25) is 5.02 Å². The lowest BCUT2D eigenvalue weighted by molar-refractivity contribution is 0.0185. The van der Waals surface area contributed by atoms with Gasteiger partial charge in [-0.15, -0.1) is 0 Å². The van der Waals surface area contributed by atoms with Crippen LogP contribution in [0.5, 0.6) is 5.75 Å². The first-order valence-corrected chi connectivity index (χ1v) is 8.77. The third kappa shape index (κ3) is 2.80. The van der Waals surface area contributed by atoms with Gasteiger partial charge in [-0.3, -0.25) is 0 Å². The van der Waals surface area contributed by atoms with Crippen molar-refractivity contribution >= 4 is 11.6 Å². The van der Waals surface area contributed by atoms with E-state index in [-0.39, 0.29) is 5.60 Å². The predicted octanol–water partition coefficient (Wildman–Crippen LogP) is 4.86. The summed E-state index contributed by atoms with van der Waals surface area (Å²) in [5.41, 5.74) is 1.35. The molecular formula is C18H26ClNO. The normalized spacial score (nSPS) is 23.3. The molecule has 1 spiro atoms. The maximum Gasteiger partial charge on any atom is 0.123 e. The molecule has 1 unspecified atom stereocenters. The maximum absolute atomic E-state index is 6.51. The SMILES string of the molecule is CCN(CC)CC1c2cc(Cl)ccc2OC12CCCCC2. The number of hydrogen-bond donors (Lipinski definition) is 0. The highest BCUT2D eigenvalue weighted by Crippen LogP contribution is 2.52. The molecule has 1 atom stereocenters. The molecule has 0 saturated heterocycles. The first-order valence-electron chi connectivity index (χ1n) is 8.39. The fourth-order valence-electron chi connectivity index (χ4n) is 4.06. The summed E-state index contributed by atoms with van der Waals surface area (Å²) >= 11 is 6.25. The monoisotopic (exact) mass is 307 g/mol. The summed E-state index contributed by atoms with van der Waals surface area (Å²) in [5, 5.41) is 0.828. The molecule has 1 aliphatic heterocycles. The lowest BCUT2D eigenvalue weighted by atomic mass is 9.74. The van der Waals surface area contributed by atoms with Crippen LogP contribution < -0.4 is 4.74 Å². The Balaban J connectivity index is 1.94. The molecule has 1 aliphatic carbocycles. The van der Waals surface area contributed by atoms with Crippen LogP contribution in [-0.4, -0.2) is 30.1 Å². The summed E-state index contributed by atoms with van der Waals surface area (Å²) in [5.74, 6) is 1.53. The van der Waals surface area contributed by atoms with E-state index >= 15 is 0 Å². The Hall–Kier alpha value is -0.730. The smallest absolute Gasteiger partial charge is 0.123 e. The van der Waals surface area contributed by atoms with Crippen LogP contribution in [0.1, 0.15) is 57.4 Å². The van der Waals surface area contributed by atoms with Crippen molar-refractivity contribution < 1.29 is 4.74 Å². The molecule has 116 valence electrons. The predicted molar refractivity (Wildman–Crippen MR) is 88.4 cm³/mol. The number of rotatable bonds is 4. The van der Waals surface area contributed by atoms with Gasteiger partial charge in [-0.05, 0) is 57.0 Å². The maximum atomic E-state index is 6.51. The molecule has 0 amide bonds. The van der Waals surface area contributed by atoms with E-state index in [1.807, 2.05) is 6.07 Å². The van der Waals surface area contributed by atoms with E-state index in [0.717, 1.165) is 30.4 Å². The molecule has 1 heterocycles. The molecular weight excluding hydrogens is 282 g/mol. The Labute approximate surface area is 133 Å². The average Bonchev–Trinajstić information content (AvgIpc) is 2.78. The van der Waals surface area contributed by atoms with Gasteiger partial charge in [-0.25, -0.2) is 0 Å². The lowest BCUT2D eigenvalue weighted by Crippen LogP contribution is -2.44. The van der Waals surface area contributed by atoms with Crippen molar-refractivity contribution in [3.8, 4) is 5.75 Å². The van der Waals surface area contributed by atoms with Gasteiger partial charge in [0, 0.05) is 23.0 Å². The number of benzene rings is 1. The number of hydrogen-bond acceptors (Lipinski definition) is 2. The Morgan fingerprint density at radius 2 is 1.90 bits per heavy atom. The minimum absolute atomic E-state index is 0.0217. The molecule has 1 aromatic carbocycles. The van der Waals surface area contributed by atoms with Gasteiger partial charge in [-0.1, -0.05) is 31.9 Å². The van der Waals surface area contributed by atoms with Gasteiger partial charge < -0.3 is 9.64 Å². The van der Waals surface area contributed by atoms with Gasteiger partial charge in [0.15, 0.2) is 0 Å². The Bertz CT molecular complexity index is 492. The molecule has 1 fully saturated rings. The van der Waals surface area contributed by atoms with Crippen molar-refractivity contribution in [2.75, 3.05) is 19.6 Å². The molecule has 0 radical (unpaired) electrons. The van der Waals surface area contributed by atoms with Gasteiger partial charge in [0.25, 0.3) is 0 Å². The van der Waals surface area contributed by atoms with Crippen LogP contribution in [0.3, 0.4) is 0 Å². The van der Waals surface area contributed by atoms with Crippen molar-refractivity contribution in [2.24, 2.45) is 0 Å². The summed E-state index contributed by atoms with van der Waals surface area (Å²) in [6.07, 6.45) is 6.30. The fourth-order valence-corrected chi connectivity index (χ4v) is 4.24. The first-order chi connectivity index (χ1) is 10.2. The second-order valence-electron chi connectivity index (χ2n) is 6.45. The summed E-state index contributed by atoms with van der Waals surface area (Å²) in [6.45, 7) is 7.76. The van der Waals surface area contributed by atoms with Crippen molar-refractivity contribution in [2.45, 2.75) is 57.5 Å². The standard InChI is InChI=1S/C18H26ClNO/c1-3-20(4-2)13-16-15-12-14(19)8-9-17(15)21-18(16)10-6-5-7-11-18/h8-9,12,16H,3-7,10-11,13H2,1-2H3. The second-order valence-corrected chi connectivity index (χ2v) is 6.88. The Morgan fingerprint density at radius 3 is 2.57 bits per heavy atom. The van der Waals surface area contributed by atoms with E-state index in [4.69, 9.17) is 16.3 Å². The summed E-state index contributed by atoms with van der Waals surface area (Å²) < 4.78 is 6.51. The van der Waals surface area contributed by atoms with Gasteiger partial charge in [-0.2, -0.15) is 0 Å². The number of likely N-dealkylation sites (N-methyl/N-ethyl adjacent to an activating group) is 1. The lowest BCUT2D eigenvalue weighted by Gasteiger charge is -2.39. The molecule has 21 heavy (non-hydrogen) atoms. The van der Waals surface area contributed by atoms with E-state index in [0.29, 0.717) is 5.92 Å². The number of halogens is 1. The van der Waals surface area contributed by atoms with Crippen LogP contribution in [0.25, 0.3) is 0 Å². The molecule has 2 nitrogen and oxygen atoms in total. The zero-order valence-corrected chi connectivity index (χ0v) is 14.0. The van der Waals surface area contributed by atoms with E-state index < -0.39 is 0 Å². The van der Waals surface area contributed by atoms with E-state index in [1.54, 1.807) is 0 Å². The third-order valence-electron chi connectivity index (χ3n) is 5.33. The van der Waals surface area contributed by atoms with Gasteiger partial charge >= 0.3 is 0 Å². The Morgan fingerprint density at radius 1 is 1.19 bits per heavy atom. The zero-order valence-electron chi connectivity index (χ0n) is 13.2. The van der Waals surface area contributed by atoms with E-state index in [2.05, 4.69) is 30.9 Å². The largest absolute Gasteiger partial charge is 0.486 e. The molecule has 2 aliphatic rings. The third-order valence-corrected chi connectivity index (χ3v) is 5.57. The molecule has 3 heteroatoms. The Kier molecular flexibility index (Phi) is 4.46. The quantitative estimate of drug-likeness (QED) is 0.787. The zero-order chi connectivity index (χ0) is 14.9. The highest BCUT2D eigenvalue weighted by molar-refractivity contribution is 6.30. The average molecular weight is 308 g/mol. The molecule has 0 bridgehead atoms. The molecule has 1 saturated carbocycles. The molecule has 0 N–H and O–H groups in total. The van der Waals surface area contributed by atoms with Crippen LogP contribution in [0.15, 0.2) is 18.2 Å². The fraction of sp³-hybridized carbons (Fsp3) is 0.667. The van der Waals surface area contributed by atoms with E-state index in [9.17, 15) is 0 Å². The van der Waals surface area contributed by atoms with Crippen molar-refractivity contribution in [1.82, 2.24) is 4.90 Å². The van der Waals surface area contributed by atoms with Crippen LogP contribution in [-0.2, 0) is 0 Å².